The highest BCUT2D eigenvalue weighted by Crippen LogP contribution is 2.27. The lowest BCUT2D eigenvalue weighted by molar-refractivity contribution is 0.182. The zero-order valence-electron chi connectivity index (χ0n) is 16.0. The first-order valence-electron chi connectivity index (χ1n) is 9.22. The van der Waals surface area contributed by atoms with Gasteiger partial charge in [-0.2, -0.15) is 5.10 Å². The number of carbonyl (C=O) groups excluding carboxylic acids is 1. The standard InChI is InChI=1S/C21H26N4OS/c1-4-11-23-21(26)25-14(2)12-16-7-10-18(27-3)13-19(16)20(24-25)15-5-8-17(22)9-6-15/h5-10,13-14H,4,11-12,22H2,1-3H3,(H,23,26). The van der Waals surface area contributed by atoms with E-state index in [-0.39, 0.29) is 12.1 Å². The van der Waals surface area contributed by atoms with E-state index in [0.717, 1.165) is 29.7 Å². The summed E-state index contributed by atoms with van der Waals surface area (Å²) in [6.45, 7) is 4.71. The maximum atomic E-state index is 12.7. The summed E-state index contributed by atoms with van der Waals surface area (Å²) in [5.74, 6) is 0. The number of rotatable bonds is 4. The van der Waals surface area contributed by atoms with Crippen LogP contribution < -0.4 is 11.1 Å². The molecule has 3 rings (SSSR count). The van der Waals surface area contributed by atoms with Crippen LogP contribution in [0.5, 0.6) is 0 Å². The molecule has 2 amide bonds. The van der Waals surface area contributed by atoms with Crippen molar-refractivity contribution in [2.75, 3.05) is 18.5 Å². The smallest absolute Gasteiger partial charge is 0.338 e. The predicted octanol–water partition coefficient (Wildman–Crippen LogP) is 4.11. The minimum atomic E-state index is -0.157. The molecule has 1 atom stereocenters. The number of fused-ring (bicyclic) bond motifs is 1. The van der Waals surface area contributed by atoms with Gasteiger partial charge in [0.15, 0.2) is 0 Å². The van der Waals surface area contributed by atoms with Crippen LogP contribution in [0.1, 0.15) is 37.0 Å². The molecule has 142 valence electrons. The normalized spacial score (nSPS) is 16.3. The molecule has 5 nitrogen and oxygen atoms in total. The van der Waals surface area contributed by atoms with Crippen LogP contribution in [0.2, 0.25) is 0 Å². The van der Waals surface area contributed by atoms with Gasteiger partial charge in [0.1, 0.15) is 0 Å². The van der Waals surface area contributed by atoms with Crippen LogP contribution in [0.4, 0.5) is 10.5 Å². The molecular formula is C21H26N4OS. The van der Waals surface area contributed by atoms with E-state index in [1.807, 2.05) is 38.1 Å². The SMILES string of the molecule is CCCNC(=O)N1N=C(c2ccc(N)cc2)c2cc(SC)ccc2CC1C. The number of carbonyl (C=O) groups is 1. The van der Waals surface area contributed by atoms with Gasteiger partial charge in [0.05, 0.1) is 11.8 Å². The van der Waals surface area contributed by atoms with Crippen LogP contribution in [0.3, 0.4) is 0 Å². The van der Waals surface area contributed by atoms with E-state index in [1.165, 1.54) is 10.5 Å². The average Bonchev–Trinajstić information content (AvgIpc) is 2.82. The molecule has 0 saturated carbocycles. The molecule has 0 saturated heterocycles. The van der Waals surface area contributed by atoms with Crippen LogP contribution in [0.25, 0.3) is 0 Å². The van der Waals surface area contributed by atoms with Gasteiger partial charge in [-0.05, 0) is 55.9 Å². The number of thioether (sulfide) groups is 1. The molecule has 6 heteroatoms. The first kappa shape index (κ1) is 19.3. The number of urea groups is 1. The lowest BCUT2D eigenvalue weighted by atomic mass is 9.94. The Kier molecular flexibility index (Phi) is 6.06. The van der Waals surface area contributed by atoms with Crippen molar-refractivity contribution in [2.24, 2.45) is 5.10 Å². The minimum Gasteiger partial charge on any atom is -0.399 e. The van der Waals surface area contributed by atoms with Crippen LogP contribution in [-0.2, 0) is 6.42 Å². The summed E-state index contributed by atoms with van der Waals surface area (Å²) in [5, 5.41) is 9.34. The number of hydrogen-bond acceptors (Lipinski definition) is 4. The van der Waals surface area contributed by atoms with Crippen molar-refractivity contribution in [3.63, 3.8) is 0 Å². The predicted molar refractivity (Wildman–Crippen MR) is 113 cm³/mol. The minimum absolute atomic E-state index is 0.0352. The summed E-state index contributed by atoms with van der Waals surface area (Å²) in [6, 6.07) is 13.9. The maximum Gasteiger partial charge on any atom is 0.338 e. The number of nitrogen functional groups attached to an aromatic ring is 1. The Morgan fingerprint density at radius 3 is 2.70 bits per heavy atom. The lowest BCUT2D eigenvalue weighted by Gasteiger charge is -2.23. The van der Waals surface area contributed by atoms with Gasteiger partial charge in [-0.25, -0.2) is 9.80 Å². The topological polar surface area (TPSA) is 70.7 Å². The van der Waals surface area contributed by atoms with Crippen molar-refractivity contribution in [1.29, 1.82) is 0 Å². The number of hydrogen-bond donors (Lipinski definition) is 2. The van der Waals surface area contributed by atoms with Gasteiger partial charge in [0.25, 0.3) is 0 Å². The van der Waals surface area contributed by atoms with Gasteiger partial charge in [-0.1, -0.05) is 25.1 Å². The molecule has 0 bridgehead atoms. The van der Waals surface area contributed by atoms with Crippen LogP contribution >= 0.6 is 11.8 Å². The summed E-state index contributed by atoms with van der Waals surface area (Å²) in [4.78, 5) is 13.9. The second-order valence-electron chi connectivity index (χ2n) is 6.72. The lowest BCUT2D eigenvalue weighted by Crippen LogP contribution is -2.42. The first-order valence-corrected chi connectivity index (χ1v) is 10.4. The van der Waals surface area contributed by atoms with Crippen molar-refractivity contribution in [2.45, 2.75) is 37.6 Å². The zero-order valence-corrected chi connectivity index (χ0v) is 16.8. The highest BCUT2D eigenvalue weighted by atomic mass is 32.2. The Labute approximate surface area is 165 Å². The fraction of sp³-hybridized carbons (Fsp3) is 0.333. The average molecular weight is 383 g/mol. The van der Waals surface area contributed by atoms with Crippen molar-refractivity contribution in [3.05, 3.63) is 59.2 Å². The highest BCUT2D eigenvalue weighted by molar-refractivity contribution is 7.98. The molecule has 27 heavy (non-hydrogen) atoms. The Balaban J connectivity index is 2.12. The van der Waals surface area contributed by atoms with E-state index >= 15 is 0 Å². The molecule has 1 heterocycles. The molecule has 1 aliphatic rings. The molecule has 2 aromatic rings. The van der Waals surface area contributed by atoms with Crippen molar-refractivity contribution in [3.8, 4) is 0 Å². The second-order valence-corrected chi connectivity index (χ2v) is 7.60. The molecule has 3 N–H and O–H groups in total. The van der Waals surface area contributed by atoms with E-state index in [9.17, 15) is 4.79 Å². The third-order valence-corrected chi connectivity index (χ3v) is 5.36. The molecular weight excluding hydrogens is 356 g/mol. The Bertz CT molecular complexity index is 848. The van der Waals surface area contributed by atoms with Gasteiger partial charge in [-0.3, -0.25) is 0 Å². The molecule has 0 aromatic heterocycles. The summed E-state index contributed by atoms with van der Waals surface area (Å²) < 4.78 is 0. The number of hydrazone groups is 1. The van der Waals surface area contributed by atoms with E-state index in [2.05, 4.69) is 29.8 Å². The summed E-state index contributed by atoms with van der Waals surface area (Å²) in [5.41, 5.74) is 10.6. The Morgan fingerprint density at radius 1 is 1.30 bits per heavy atom. The number of nitrogens with two attached hydrogens (primary N) is 1. The Hall–Kier alpha value is -2.47. The third-order valence-electron chi connectivity index (χ3n) is 4.63. The monoisotopic (exact) mass is 382 g/mol. The fourth-order valence-corrected chi connectivity index (χ4v) is 3.60. The van der Waals surface area contributed by atoms with Gasteiger partial charge >= 0.3 is 6.03 Å². The van der Waals surface area contributed by atoms with E-state index < -0.39 is 0 Å². The number of anilines is 1. The van der Waals surface area contributed by atoms with Crippen LogP contribution in [-0.4, -0.2) is 35.6 Å². The fourth-order valence-electron chi connectivity index (χ4n) is 3.16. The van der Waals surface area contributed by atoms with Gasteiger partial charge < -0.3 is 11.1 Å². The van der Waals surface area contributed by atoms with Crippen molar-refractivity contribution >= 4 is 29.2 Å². The number of benzene rings is 2. The maximum absolute atomic E-state index is 12.7. The van der Waals surface area contributed by atoms with E-state index in [0.29, 0.717) is 12.2 Å². The summed E-state index contributed by atoms with van der Waals surface area (Å²) in [7, 11) is 0. The first-order chi connectivity index (χ1) is 13.0. The summed E-state index contributed by atoms with van der Waals surface area (Å²) >= 11 is 1.70. The van der Waals surface area contributed by atoms with E-state index in [1.54, 1.807) is 16.8 Å². The zero-order chi connectivity index (χ0) is 19.4. The van der Waals surface area contributed by atoms with Crippen LogP contribution in [0.15, 0.2) is 52.5 Å². The third kappa shape index (κ3) is 4.27. The van der Waals surface area contributed by atoms with Crippen molar-refractivity contribution < 1.29 is 4.79 Å². The van der Waals surface area contributed by atoms with Gasteiger partial charge in [0, 0.05) is 28.3 Å². The molecule has 2 aromatic carbocycles. The van der Waals surface area contributed by atoms with Gasteiger partial charge in [-0.15, -0.1) is 11.8 Å². The quantitative estimate of drug-likeness (QED) is 0.617. The van der Waals surface area contributed by atoms with E-state index in [4.69, 9.17) is 10.8 Å². The molecule has 0 radical (unpaired) electrons. The molecule has 0 aliphatic carbocycles. The highest BCUT2D eigenvalue weighted by Gasteiger charge is 2.27. The second kappa shape index (κ2) is 8.48. The van der Waals surface area contributed by atoms with Crippen molar-refractivity contribution in [1.82, 2.24) is 10.3 Å². The van der Waals surface area contributed by atoms with Gasteiger partial charge in [0.2, 0.25) is 0 Å². The number of nitrogens with zero attached hydrogens (tertiary/aromatic N) is 2. The number of amides is 2. The molecule has 0 spiro atoms. The van der Waals surface area contributed by atoms with Crippen LogP contribution in [0, 0.1) is 0 Å². The number of nitrogens with one attached hydrogen (secondary N) is 1. The Morgan fingerprint density at radius 2 is 2.04 bits per heavy atom. The summed E-state index contributed by atoms with van der Waals surface area (Å²) in [6.07, 6.45) is 3.71. The molecule has 1 unspecified atom stereocenters. The molecule has 1 aliphatic heterocycles. The largest absolute Gasteiger partial charge is 0.399 e. The molecule has 0 fully saturated rings.